The summed E-state index contributed by atoms with van der Waals surface area (Å²) in [6.45, 7) is 1.76. The molecule has 1 aliphatic heterocycles. The van der Waals surface area contributed by atoms with Gasteiger partial charge in [-0.1, -0.05) is 0 Å². The Labute approximate surface area is 53.3 Å². The number of hydrogen-bond donors (Lipinski definition) is 0. The normalized spacial score (nSPS) is 24.1. The van der Waals surface area contributed by atoms with Gasteiger partial charge in [0.15, 0.2) is 0 Å². The maximum absolute atomic E-state index is 9.83. The van der Waals surface area contributed by atoms with Crippen molar-refractivity contribution in [2.45, 2.75) is 13.2 Å². The number of carbonyl (C=O) groups excluding carboxylic acids is 1. The predicted octanol–water partition coefficient (Wildman–Crippen LogP) is 0.624. The molecular formula is C6H7O3. The lowest BCUT2D eigenvalue weighted by atomic mass is 10.5. The second-order valence-corrected chi connectivity index (χ2v) is 1.68. The zero-order chi connectivity index (χ0) is 6.69. The number of carbonyl (C=O) groups is 1. The average molecular weight is 127 g/mol. The summed E-state index contributed by atoms with van der Waals surface area (Å²) in [6, 6.07) is 0. The summed E-state index contributed by atoms with van der Waals surface area (Å²) in [5.74, 6) is 0.693. The van der Waals surface area contributed by atoms with Gasteiger partial charge in [-0.25, -0.2) is 0 Å². The third-order valence-corrected chi connectivity index (χ3v) is 0.906. The molecule has 1 rings (SSSR count). The first-order valence-corrected chi connectivity index (χ1v) is 2.60. The minimum absolute atomic E-state index is 0.498. The van der Waals surface area contributed by atoms with E-state index in [9.17, 15) is 4.79 Å². The van der Waals surface area contributed by atoms with Crippen LogP contribution < -0.4 is 0 Å². The molecule has 0 spiro atoms. The summed E-state index contributed by atoms with van der Waals surface area (Å²) in [5, 5.41) is 0. The molecule has 1 radical (unpaired) electrons. The first kappa shape index (κ1) is 6.13. The van der Waals surface area contributed by atoms with Gasteiger partial charge in [-0.2, -0.15) is 0 Å². The molecule has 0 aromatic carbocycles. The summed E-state index contributed by atoms with van der Waals surface area (Å²) in [6.07, 6.45) is 2.93. The van der Waals surface area contributed by atoms with Crippen LogP contribution in [0.4, 0.5) is 0 Å². The lowest BCUT2D eigenvalue weighted by molar-refractivity contribution is -0.108. The number of aldehydes is 1. The summed E-state index contributed by atoms with van der Waals surface area (Å²) in [5.41, 5.74) is 0. The number of ether oxygens (including phenoxy) is 2. The van der Waals surface area contributed by atoms with Gasteiger partial charge in [0.2, 0.25) is 6.29 Å². The van der Waals surface area contributed by atoms with Gasteiger partial charge in [-0.05, 0) is 6.92 Å². The van der Waals surface area contributed by atoms with E-state index in [4.69, 9.17) is 9.47 Å². The van der Waals surface area contributed by atoms with Gasteiger partial charge in [0, 0.05) is 0 Å². The number of allylic oxidation sites excluding steroid dienone is 1. The Balaban J connectivity index is 2.28. The Morgan fingerprint density at radius 1 is 1.78 bits per heavy atom. The van der Waals surface area contributed by atoms with Crippen LogP contribution in [-0.2, 0) is 14.3 Å². The van der Waals surface area contributed by atoms with Gasteiger partial charge in [-0.15, -0.1) is 0 Å². The van der Waals surface area contributed by atoms with Crippen LogP contribution in [0.15, 0.2) is 12.0 Å². The van der Waals surface area contributed by atoms with Gasteiger partial charge in [0.05, 0.1) is 0 Å². The first-order valence-electron chi connectivity index (χ1n) is 2.60. The zero-order valence-corrected chi connectivity index (χ0v) is 5.03. The minimum atomic E-state index is -0.498. The first-order chi connectivity index (χ1) is 4.33. The van der Waals surface area contributed by atoms with E-state index >= 15 is 0 Å². The van der Waals surface area contributed by atoms with Crippen LogP contribution in [0.2, 0.25) is 0 Å². The van der Waals surface area contributed by atoms with Gasteiger partial charge in [0.1, 0.15) is 24.7 Å². The highest BCUT2D eigenvalue weighted by molar-refractivity contribution is 5.61. The lowest BCUT2D eigenvalue weighted by Gasteiger charge is -2.04. The molecule has 1 unspecified atom stereocenters. The largest absolute Gasteiger partial charge is 0.458 e. The van der Waals surface area contributed by atoms with E-state index in [-0.39, 0.29) is 0 Å². The van der Waals surface area contributed by atoms with E-state index in [1.165, 1.54) is 12.7 Å². The van der Waals surface area contributed by atoms with Crippen molar-refractivity contribution in [2.24, 2.45) is 0 Å². The third kappa shape index (κ3) is 1.45. The molecule has 1 heterocycles. The van der Waals surface area contributed by atoms with E-state index in [2.05, 4.69) is 0 Å². The molecule has 3 heteroatoms. The molecule has 0 fully saturated rings. The molecule has 0 bridgehead atoms. The van der Waals surface area contributed by atoms with Crippen molar-refractivity contribution >= 4 is 6.29 Å². The Morgan fingerprint density at radius 2 is 2.56 bits per heavy atom. The molecule has 9 heavy (non-hydrogen) atoms. The van der Waals surface area contributed by atoms with Gasteiger partial charge in [-0.3, -0.25) is 0 Å². The van der Waals surface area contributed by atoms with E-state index in [0.29, 0.717) is 12.0 Å². The highest BCUT2D eigenvalue weighted by atomic mass is 16.7. The summed E-state index contributed by atoms with van der Waals surface area (Å²) >= 11 is 0. The molecule has 1 aliphatic rings. The second-order valence-electron chi connectivity index (χ2n) is 1.68. The van der Waals surface area contributed by atoms with Crippen LogP contribution in [0, 0.1) is 6.42 Å². The van der Waals surface area contributed by atoms with Crippen molar-refractivity contribution in [1.82, 2.24) is 0 Å². The highest BCUT2D eigenvalue weighted by Gasteiger charge is 2.15. The van der Waals surface area contributed by atoms with E-state index < -0.39 is 6.29 Å². The van der Waals surface area contributed by atoms with E-state index in [1.807, 2.05) is 0 Å². The third-order valence-electron chi connectivity index (χ3n) is 0.906. The van der Waals surface area contributed by atoms with Crippen LogP contribution in [0.5, 0.6) is 0 Å². The fourth-order valence-corrected chi connectivity index (χ4v) is 0.550. The molecule has 0 saturated carbocycles. The number of hydrogen-bond acceptors (Lipinski definition) is 3. The molecule has 0 aromatic rings. The van der Waals surface area contributed by atoms with Crippen LogP contribution in [0.3, 0.4) is 0 Å². The fraction of sp³-hybridized carbons (Fsp3) is 0.333. The molecule has 0 N–H and O–H groups in total. The zero-order valence-electron chi connectivity index (χ0n) is 5.03. The summed E-state index contributed by atoms with van der Waals surface area (Å²) < 4.78 is 9.79. The molecule has 0 saturated heterocycles. The predicted molar refractivity (Wildman–Crippen MR) is 30.1 cm³/mol. The molecule has 3 nitrogen and oxygen atoms in total. The molecule has 0 aromatic heterocycles. The van der Waals surface area contributed by atoms with Crippen molar-refractivity contribution in [1.29, 1.82) is 0 Å². The maximum atomic E-state index is 9.83. The SMILES string of the molecule is CC1=COC([CH]C=O)O1. The monoisotopic (exact) mass is 127 g/mol. The minimum Gasteiger partial charge on any atom is -0.458 e. The van der Waals surface area contributed by atoms with Crippen LogP contribution in [-0.4, -0.2) is 12.6 Å². The second kappa shape index (κ2) is 2.53. The van der Waals surface area contributed by atoms with E-state index in [0.717, 1.165) is 0 Å². The molecular weight excluding hydrogens is 120 g/mol. The van der Waals surface area contributed by atoms with Crippen molar-refractivity contribution in [3.8, 4) is 0 Å². The van der Waals surface area contributed by atoms with Crippen molar-refractivity contribution in [3.05, 3.63) is 18.4 Å². The lowest BCUT2D eigenvalue weighted by Crippen LogP contribution is -2.08. The molecule has 1 atom stereocenters. The van der Waals surface area contributed by atoms with Crippen LogP contribution in [0.1, 0.15) is 6.92 Å². The van der Waals surface area contributed by atoms with Crippen molar-refractivity contribution in [2.75, 3.05) is 0 Å². The Morgan fingerprint density at radius 3 is 3.00 bits per heavy atom. The smallest absolute Gasteiger partial charge is 0.250 e. The topological polar surface area (TPSA) is 35.5 Å². The highest BCUT2D eigenvalue weighted by Crippen LogP contribution is 2.13. The summed E-state index contributed by atoms with van der Waals surface area (Å²) in [4.78, 5) is 9.83. The van der Waals surface area contributed by atoms with Crippen LogP contribution in [0.25, 0.3) is 0 Å². The maximum Gasteiger partial charge on any atom is 0.250 e. The molecule has 0 aliphatic carbocycles. The Hall–Kier alpha value is -0.990. The van der Waals surface area contributed by atoms with Gasteiger partial charge < -0.3 is 14.3 Å². The molecule has 49 valence electrons. The quantitative estimate of drug-likeness (QED) is 0.510. The fourth-order valence-electron chi connectivity index (χ4n) is 0.550. The summed E-state index contributed by atoms with van der Waals surface area (Å²) in [7, 11) is 0. The Kier molecular flexibility index (Phi) is 1.72. The van der Waals surface area contributed by atoms with Crippen molar-refractivity contribution in [3.63, 3.8) is 0 Å². The number of rotatable bonds is 2. The van der Waals surface area contributed by atoms with Gasteiger partial charge >= 0.3 is 0 Å². The van der Waals surface area contributed by atoms with E-state index in [1.54, 1.807) is 6.92 Å². The van der Waals surface area contributed by atoms with Crippen molar-refractivity contribution < 1.29 is 14.3 Å². The Bertz CT molecular complexity index is 139. The van der Waals surface area contributed by atoms with Crippen LogP contribution >= 0.6 is 0 Å². The average Bonchev–Trinajstić information content (AvgIpc) is 2.17. The van der Waals surface area contributed by atoms with Gasteiger partial charge in [0.25, 0.3) is 0 Å². The standard InChI is InChI=1S/C6H7O3/c1-5-4-8-6(9-5)2-3-7/h2-4,6H,1H3. The molecule has 0 amide bonds.